The third kappa shape index (κ3) is 8.50. The minimum atomic E-state index is -5.08. The van der Waals surface area contributed by atoms with Gasteiger partial charge in [-0.1, -0.05) is 19.1 Å². The number of carboxylic acid groups (broad SMARTS) is 1. The first-order valence-electron chi connectivity index (χ1n) is 11.6. The molecule has 2 aliphatic heterocycles. The second-order valence-electron chi connectivity index (χ2n) is 9.20. The number of nitrogens with zero attached hydrogens (tertiary/aromatic N) is 3. The molecule has 2 heterocycles. The van der Waals surface area contributed by atoms with Gasteiger partial charge in [-0.2, -0.15) is 13.2 Å². The second-order valence-corrected chi connectivity index (χ2v) is 9.20. The molecule has 1 aromatic rings. The molecule has 2 fully saturated rings. The maximum absolute atomic E-state index is 12.9. The molecule has 0 radical (unpaired) electrons. The largest absolute Gasteiger partial charge is 0.490 e. The summed E-state index contributed by atoms with van der Waals surface area (Å²) in [5, 5.41) is 7.12. The molecule has 35 heavy (non-hydrogen) atoms. The number of piperidine rings is 1. The van der Waals surface area contributed by atoms with E-state index >= 15 is 0 Å². The lowest BCUT2D eigenvalue weighted by Gasteiger charge is -2.42. The average molecular weight is 502 g/mol. The van der Waals surface area contributed by atoms with E-state index in [0.29, 0.717) is 19.8 Å². The van der Waals surface area contributed by atoms with Crippen molar-refractivity contribution in [2.75, 3.05) is 60.0 Å². The summed E-state index contributed by atoms with van der Waals surface area (Å²) in [7, 11) is 3.59. The number of halogens is 3. The van der Waals surface area contributed by atoms with Crippen LogP contribution >= 0.6 is 0 Å². The minimum absolute atomic E-state index is 0.0337. The lowest BCUT2D eigenvalue weighted by molar-refractivity contribution is -0.192. The number of ether oxygens (including phenoxy) is 1. The number of hydrogen-bond acceptors (Lipinski definition) is 5. The SMILES string of the molecule is CCc1ccc(C(=O)N2CCC3(CC2)COCCN(CC(=O)N(C)C)C3)cc1.O=C(O)C(F)(F)F. The van der Waals surface area contributed by atoms with Crippen LogP contribution in [-0.2, 0) is 20.7 Å². The van der Waals surface area contributed by atoms with E-state index in [4.69, 9.17) is 14.6 Å². The predicted molar refractivity (Wildman–Crippen MR) is 123 cm³/mol. The molecule has 1 aromatic carbocycles. The lowest BCUT2D eigenvalue weighted by Crippen LogP contribution is -2.50. The number of carboxylic acids is 1. The fraction of sp³-hybridized carbons (Fsp3) is 0.625. The molecule has 0 atom stereocenters. The summed E-state index contributed by atoms with van der Waals surface area (Å²) in [5.41, 5.74) is 2.05. The highest BCUT2D eigenvalue weighted by atomic mass is 19.4. The van der Waals surface area contributed by atoms with Crippen molar-refractivity contribution < 1.29 is 37.4 Å². The van der Waals surface area contributed by atoms with Crippen LogP contribution in [0.2, 0.25) is 0 Å². The highest BCUT2D eigenvalue weighted by Crippen LogP contribution is 2.34. The number of rotatable bonds is 4. The van der Waals surface area contributed by atoms with Gasteiger partial charge in [-0.05, 0) is 37.0 Å². The molecule has 0 aliphatic carbocycles. The van der Waals surface area contributed by atoms with Gasteiger partial charge in [-0.3, -0.25) is 14.5 Å². The Morgan fingerprint density at radius 2 is 1.66 bits per heavy atom. The third-order valence-corrected chi connectivity index (χ3v) is 6.34. The van der Waals surface area contributed by atoms with Crippen LogP contribution < -0.4 is 0 Å². The maximum atomic E-state index is 12.9. The molecule has 2 saturated heterocycles. The van der Waals surface area contributed by atoms with E-state index < -0.39 is 12.1 Å². The lowest BCUT2D eigenvalue weighted by atomic mass is 9.78. The topological polar surface area (TPSA) is 90.4 Å². The van der Waals surface area contributed by atoms with Gasteiger partial charge in [0.2, 0.25) is 5.91 Å². The number of carbonyl (C=O) groups excluding carboxylic acids is 2. The Labute approximate surface area is 203 Å². The van der Waals surface area contributed by atoms with Crippen LogP contribution in [0.3, 0.4) is 0 Å². The zero-order chi connectivity index (χ0) is 26.2. The molecule has 2 aliphatic rings. The molecule has 11 heteroatoms. The van der Waals surface area contributed by atoms with E-state index in [1.165, 1.54) is 5.56 Å². The summed E-state index contributed by atoms with van der Waals surface area (Å²) < 4.78 is 37.6. The van der Waals surface area contributed by atoms with Crippen molar-refractivity contribution in [3.63, 3.8) is 0 Å². The van der Waals surface area contributed by atoms with Crippen molar-refractivity contribution in [2.24, 2.45) is 5.41 Å². The van der Waals surface area contributed by atoms with Gasteiger partial charge in [0, 0.05) is 51.3 Å². The second kappa shape index (κ2) is 12.3. The van der Waals surface area contributed by atoms with Crippen LogP contribution in [0.5, 0.6) is 0 Å². The normalized spacial score (nSPS) is 18.3. The molecule has 2 amide bonds. The van der Waals surface area contributed by atoms with E-state index in [2.05, 4.69) is 11.8 Å². The van der Waals surface area contributed by atoms with Crippen LogP contribution in [0.4, 0.5) is 13.2 Å². The smallest absolute Gasteiger partial charge is 0.475 e. The number of amides is 2. The maximum Gasteiger partial charge on any atom is 0.490 e. The van der Waals surface area contributed by atoms with Gasteiger partial charge in [0.15, 0.2) is 0 Å². The molecule has 1 N–H and O–H groups in total. The first kappa shape index (κ1) is 28.6. The summed E-state index contributed by atoms with van der Waals surface area (Å²) in [6, 6.07) is 7.96. The number of hydrogen-bond donors (Lipinski definition) is 1. The van der Waals surface area contributed by atoms with Crippen molar-refractivity contribution in [3.05, 3.63) is 35.4 Å². The molecule has 3 rings (SSSR count). The minimum Gasteiger partial charge on any atom is -0.475 e. The van der Waals surface area contributed by atoms with Gasteiger partial charge in [-0.25, -0.2) is 4.79 Å². The summed E-state index contributed by atoms with van der Waals surface area (Å²) in [4.78, 5) is 39.7. The van der Waals surface area contributed by atoms with E-state index in [0.717, 1.165) is 51.0 Å². The van der Waals surface area contributed by atoms with E-state index in [1.54, 1.807) is 19.0 Å². The van der Waals surface area contributed by atoms with E-state index in [1.807, 2.05) is 29.2 Å². The Bertz CT molecular complexity index is 866. The molecule has 0 unspecified atom stereocenters. The summed E-state index contributed by atoms with van der Waals surface area (Å²) in [6.45, 7) is 7.06. The first-order chi connectivity index (χ1) is 16.4. The van der Waals surface area contributed by atoms with Crippen LogP contribution in [-0.4, -0.2) is 104 Å². The number of aryl methyl sites for hydroxylation is 1. The Morgan fingerprint density at radius 3 is 2.14 bits per heavy atom. The van der Waals surface area contributed by atoms with Gasteiger partial charge in [0.1, 0.15) is 0 Å². The Morgan fingerprint density at radius 1 is 1.09 bits per heavy atom. The van der Waals surface area contributed by atoms with Gasteiger partial charge in [0.05, 0.1) is 19.8 Å². The quantitative estimate of drug-likeness (QED) is 0.682. The van der Waals surface area contributed by atoms with Gasteiger partial charge in [0.25, 0.3) is 5.91 Å². The third-order valence-electron chi connectivity index (χ3n) is 6.34. The molecule has 8 nitrogen and oxygen atoms in total. The van der Waals surface area contributed by atoms with E-state index in [9.17, 15) is 22.8 Å². The van der Waals surface area contributed by atoms with Crippen molar-refractivity contribution in [2.45, 2.75) is 32.4 Å². The number of alkyl halides is 3. The van der Waals surface area contributed by atoms with Crippen LogP contribution in [0.25, 0.3) is 0 Å². The molecule has 0 bridgehead atoms. The monoisotopic (exact) mass is 501 g/mol. The van der Waals surface area contributed by atoms with Gasteiger partial charge >= 0.3 is 12.1 Å². The number of aliphatic carboxylic acids is 1. The fourth-order valence-corrected chi connectivity index (χ4v) is 4.10. The molecule has 196 valence electrons. The standard InChI is InChI=1S/C22H33N3O3.C2HF3O2/c1-4-18-5-7-19(8-6-18)21(27)25-11-9-22(10-12-25)16-24(13-14-28-17-22)15-20(26)23(2)3;3-2(4,5)1(6)7/h5-8H,4,9-17H2,1-3H3;(H,6,7). The first-order valence-corrected chi connectivity index (χ1v) is 11.6. The van der Waals surface area contributed by atoms with Gasteiger partial charge < -0.3 is 19.6 Å². The molecular formula is C24H34F3N3O5. The average Bonchev–Trinajstić information content (AvgIpc) is 3.00. The van der Waals surface area contributed by atoms with Crippen molar-refractivity contribution >= 4 is 17.8 Å². The van der Waals surface area contributed by atoms with Crippen molar-refractivity contribution in [3.8, 4) is 0 Å². The zero-order valence-corrected chi connectivity index (χ0v) is 20.4. The number of carbonyl (C=O) groups is 3. The number of likely N-dealkylation sites (tertiary alicyclic amines) is 1. The highest BCUT2D eigenvalue weighted by Gasteiger charge is 2.40. The van der Waals surface area contributed by atoms with Crippen molar-refractivity contribution in [1.82, 2.24) is 14.7 Å². The predicted octanol–water partition coefficient (Wildman–Crippen LogP) is 2.53. The molecule has 0 aromatic heterocycles. The molecular weight excluding hydrogens is 467 g/mol. The number of benzene rings is 1. The van der Waals surface area contributed by atoms with Crippen LogP contribution in [0.15, 0.2) is 24.3 Å². The Hall–Kier alpha value is -2.66. The zero-order valence-electron chi connectivity index (χ0n) is 20.4. The fourth-order valence-electron chi connectivity index (χ4n) is 4.10. The molecule has 1 spiro atoms. The summed E-state index contributed by atoms with van der Waals surface area (Å²) in [6.07, 6.45) is -2.27. The van der Waals surface area contributed by atoms with Crippen LogP contribution in [0.1, 0.15) is 35.7 Å². The summed E-state index contributed by atoms with van der Waals surface area (Å²) in [5.74, 6) is -2.51. The highest BCUT2D eigenvalue weighted by molar-refractivity contribution is 5.94. The van der Waals surface area contributed by atoms with Crippen molar-refractivity contribution in [1.29, 1.82) is 0 Å². The Kier molecular flexibility index (Phi) is 10.1. The molecule has 0 saturated carbocycles. The van der Waals surface area contributed by atoms with E-state index in [-0.39, 0.29) is 17.2 Å². The van der Waals surface area contributed by atoms with Crippen LogP contribution in [0, 0.1) is 5.41 Å². The Balaban J connectivity index is 0.000000540. The van der Waals surface area contributed by atoms with Gasteiger partial charge in [-0.15, -0.1) is 0 Å². The summed E-state index contributed by atoms with van der Waals surface area (Å²) >= 11 is 0. The number of likely N-dealkylation sites (N-methyl/N-ethyl adjacent to an activating group) is 1.